The lowest BCUT2D eigenvalue weighted by Crippen LogP contribution is -2.28. The Hall–Kier alpha value is -0.440. The van der Waals surface area contributed by atoms with E-state index >= 15 is 0 Å². The summed E-state index contributed by atoms with van der Waals surface area (Å²) in [5.74, 6) is 0. The molecule has 1 unspecified atom stereocenters. The molecule has 0 aromatic rings. The molecule has 2 N–H and O–H groups in total. The van der Waals surface area contributed by atoms with Crippen LogP contribution in [0.2, 0.25) is 0 Å². The van der Waals surface area contributed by atoms with Crippen molar-refractivity contribution in [2.24, 2.45) is 0 Å². The Morgan fingerprint density at radius 1 is 1.07 bits per heavy atom. The van der Waals surface area contributed by atoms with Gasteiger partial charge < -0.3 is 19.7 Å². The quantitative estimate of drug-likeness (QED) is 0.592. The SMILES string of the molecule is OC(COCC(F)F)COCC(O)(F)F. The summed E-state index contributed by atoms with van der Waals surface area (Å²) in [6, 6.07) is 0. The molecule has 92 valence electrons. The summed E-state index contributed by atoms with van der Waals surface area (Å²) in [5, 5.41) is 16.8. The monoisotopic (exact) mass is 236 g/mol. The zero-order valence-electron chi connectivity index (χ0n) is 7.71. The average molecular weight is 236 g/mol. The Bertz CT molecular complexity index is 162. The van der Waals surface area contributed by atoms with Gasteiger partial charge in [-0.1, -0.05) is 0 Å². The van der Waals surface area contributed by atoms with Crippen LogP contribution in [-0.4, -0.2) is 55.3 Å². The van der Waals surface area contributed by atoms with Gasteiger partial charge in [0.05, 0.1) is 13.2 Å². The van der Waals surface area contributed by atoms with Gasteiger partial charge in [0.2, 0.25) is 0 Å². The maximum Gasteiger partial charge on any atom is 0.376 e. The number of aliphatic hydroxyl groups excluding tert-OH is 1. The van der Waals surface area contributed by atoms with Crippen molar-refractivity contribution in [2.75, 3.05) is 26.4 Å². The van der Waals surface area contributed by atoms with Crippen LogP contribution in [0.25, 0.3) is 0 Å². The first kappa shape index (κ1) is 14.6. The fourth-order valence-electron chi connectivity index (χ4n) is 0.659. The van der Waals surface area contributed by atoms with Crippen molar-refractivity contribution in [3.05, 3.63) is 0 Å². The zero-order valence-corrected chi connectivity index (χ0v) is 7.71. The van der Waals surface area contributed by atoms with Gasteiger partial charge in [-0.25, -0.2) is 8.78 Å². The van der Waals surface area contributed by atoms with Crippen LogP contribution in [0, 0.1) is 0 Å². The van der Waals surface area contributed by atoms with E-state index in [4.69, 9.17) is 10.2 Å². The molecule has 0 fully saturated rings. The minimum absolute atomic E-state index is 0.443. The van der Waals surface area contributed by atoms with Crippen LogP contribution in [0.1, 0.15) is 0 Å². The van der Waals surface area contributed by atoms with Gasteiger partial charge in [0.25, 0.3) is 6.43 Å². The van der Waals surface area contributed by atoms with Gasteiger partial charge >= 0.3 is 6.11 Å². The number of aliphatic hydroxyl groups is 2. The minimum atomic E-state index is -3.97. The van der Waals surface area contributed by atoms with Crippen LogP contribution >= 0.6 is 0 Å². The Kier molecular flexibility index (Phi) is 6.73. The summed E-state index contributed by atoms with van der Waals surface area (Å²) in [7, 11) is 0. The van der Waals surface area contributed by atoms with Crippen LogP contribution in [0.3, 0.4) is 0 Å². The summed E-state index contributed by atoms with van der Waals surface area (Å²) in [5.41, 5.74) is 0. The molecule has 0 aromatic carbocycles. The molecule has 0 aliphatic carbocycles. The van der Waals surface area contributed by atoms with Gasteiger partial charge in [0, 0.05) is 0 Å². The summed E-state index contributed by atoms with van der Waals surface area (Å²) in [6.07, 6.45) is -7.91. The van der Waals surface area contributed by atoms with Crippen molar-refractivity contribution in [1.29, 1.82) is 0 Å². The zero-order chi connectivity index (χ0) is 11.9. The largest absolute Gasteiger partial charge is 0.388 e. The first-order valence-electron chi connectivity index (χ1n) is 4.03. The number of ether oxygens (including phenoxy) is 2. The summed E-state index contributed by atoms with van der Waals surface area (Å²) >= 11 is 0. The first-order valence-corrected chi connectivity index (χ1v) is 4.03. The molecule has 0 aliphatic rings. The predicted octanol–water partition coefficient (Wildman–Crippen LogP) is 0.231. The van der Waals surface area contributed by atoms with Crippen molar-refractivity contribution in [2.45, 2.75) is 18.6 Å². The van der Waals surface area contributed by atoms with Crippen molar-refractivity contribution in [1.82, 2.24) is 0 Å². The average Bonchev–Trinajstić information content (AvgIpc) is 2.00. The van der Waals surface area contributed by atoms with Crippen LogP contribution in [0.15, 0.2) is 0 Å². The molecule has 4 nitrogen and oxygen atoms in total. The van der Waals surface area contributed by atoms with Crippen LogP contribution in [0.5, 0.6) is 0 Å². The van der Waals surface area contributed by atoms with Gasteiger partial charge in [-0.05, 0) is 0 Å². The van der Waals surface area contributed by atoms with Gasteiger partial charge in [0.15, 0.2) is 0 Å². The van der Waals surface area contributed by atoms with E-state index < -0.39 is 45.1 Å². The Morgan fingerprint density at radius 3 is 2.07 bits per heavy atom. The molecule has 0 saturated heterocycles. The van der Waals surface area contributed by atoms with E-state index in [0.717, 1.165) is 0 Å². The molecule has 8 heteroatoms. The molecular formula is C7H12F4O4. The van der Waals surface area contributed by atoms with E-state index in [0.29, 0.717) is 0 Å². The fourth-order valence-corrected chi connectivity index (χ4v) is 0.659. The summed E-state index contributed by atoms with van der Waals surface area (Å²) < 4.78 is 55.1. The molecule has 0 bridgehead atoms. The van der Waals surface area contributed by atoms with Crippen LogP contribution < -0.4 is 0 Å². The lowest BCUT2D eigenvalue weighted by molar-refractivity contribution is -0.235. The second-order valence-electron chi connectivity index (χ2n) is 2.76. The molecular weight excluding hydrogens is 224 g/mol. The third-order valence-corrected chi connectivity index (χ3v) is 1.14. The van der Waals surface area contributed by atoms with E-state index in [1.807, 2.05) is 0 Å². The Labute approximate surface area is 83.4 Å². The smallest absolute Gasteiger partial charge is 0.376 e. The van der Waals surface area contributed by atoms with Gasteiger partial charge in [-0.3, -0.25) is 0 Å². The molecule has 0 aliphatic heterocycles. The predicted molar refractivity (Wildman–Crippen MR) is 40.8 cm³/mol. The molecule has 0 rings (SSSR count). The number of hydrogen-bond acceptors (Lipinski definition) is 4. The van der Waals surface area contributed by atoms with E-state index in [2.05, 4.69) is 9.47 Å². The third-order valence-electron chi connectivity index (χ3n) is 1.14. The van der Waals surface area contributed by atoms with E-state index in [1.165, 1.54) is 0 Å². The maximum absolute atomic E-state index is 11.7. The number of alkyl halides is 4. The summed E-state index contributed by atoms with van der Waals surface area (Å²) in [4.78, 5) is 0. The van der Waals surface area contributed by atoms with Crippen LogP contribution in [0.4, 0.5) is 17.6 Å². The first-order chi connectivity index (χ1) is 6.81. The Balaban J connectivity index is 3.37. The number of rotatable bonds is 8. The normalized spacial score (nSPS) is 14.6. The molecule has 15 heavy (non-hydrogen) atoms. The van der Waals surface area contributed by atoms with Crippen molar-refractivity contribution < 1.29 is 37.2 Å². The van der Waals surface area contributed by atoms with Gasteiger partial charge in [-0.2, -0.15) is 8.78 Å². The van der Waals surface area contributed by atoms with E-state index in [9.17, 15) is 17.6 Å². The second-order valence-corrected chi connectivity index (χ2v) is 2.76. The standard InChI is InChI=1S/C7H12F4O4/c8-6(9)3-14-1-5(12)2-15-4-7(10,11)13/h5-6,12-13H,1-4H2. The van der Waals surface area contributed by atoms with E-state index in [-0.39, 0.29) is 0 Å². The molecule has 0 heterocycles. The molecule has 0 aromatic heterocycles. The Morgan fingerprint density at radius 2 is 1.60 bits per heavy atom. The van der Waals surface area contributed by atoms with Crippen molar-refractivity contribution in [3.8, 4) is 0 Å². The number of halogens is 4. The minimum Gasteiger partial charge on any atom is -0.388 e. The highest BCUT2D eigenvalue weighted by atomic mass is 19.3. The molecule has 1 atom stereocenters. The topological polar surface area (TPSA) is 58.9 Å². The highest BCUT2D eigenvalue weighted by Gasteiger charge is 2.24. The molecule has 0 amide bonds. The lowest BCUT2D eigenvalue weighted by Gasteiger charge is -2.13. The second kappa shape index (κ2) is 6.94. The molecule has 0 radical (unpaired) electrons. The van der Waals surface area contributed by atoms with Crippen LogP contribution in [-0.2, 0) is 9.47 Å². The third kappa shape index (κ3) is 11.5. The molecule has 0 spiro atoms. The summed E-state index contributed by atoms with van der Waals surface area (Å²) in [6.45, 7) is -3.08. The van der Waals surface area contributed by atoms with E-state index in [1.54, 1.807) is 0 Å². The van der Waals surface area contributed by atoms with Gasteiger partial charge in [0.1, 0.15) is 19.3 Å². The number of hydrogen-bond donors (Lipinski definition) is 2. The van der Waals surface area contributed by atoms with Crippen molar-refractivity contribution >= 4 is 0 Å². The lowest BCUT2D eigenvalue weighted by atomic mass is 10.4. The highest BCUT2D eigenvalue weighted by molar-refractivity contribution is 4.53. The van der Waals surface area contributed by atoms with Gasteiger partial charge in [-0.15, -0.1) is 0 Å². The fraction of sp³-hybridized carbons (Fsp3) is 1.00. The van der Waals surface area contributed by atoms with Crippen molar-refractivity contribution in [3.63, 3.8) is 0 Å². The maximum atomic E-state index is 11.7. The molecule has 0 saturated carbocycles. The highest BCUT2D eigenvalue weighted by Crippen LogP contribution is 2.07.